The van der Waals surface area contributed by atoms with Crippen LogP contribution in [0.2, 0.25) is 0 Å². The number of hydrogen-bond donors (Lipinski definition) is 3. The Hall–Kier alpha value is 1.13. The summed E-state index contributed by atoms with van der Waals surface area (Å²) in [6, 6.07) is 0. The van der Waals surface area contributed by atoms with Crippen LogP contribution in [-0.4, -0.2) is 5.96 Å². The summed E-state index contributed by atoms with van der Waals surface area (Å²) in [7, 11) is 0. The summed E-state index contributed by atoms with van der Waals surface area (Å²) >= 11 is -5.94. The summed E-state index contributed by atoms with van der Waals surface area (Å²) in [5.41, 5.74) is 8.94. The first kappa shape index (κ1) is 22.7. The molecule has 0 aromatic carbocycles. The summed E-state index contributed by atoms with van der Waals surface area (Å²) in [6.45, 7) is 0. The van der Waals surface area contributed by atoms with Crippen molar-refractivity contribution in [2.75, 3.05) is 0 Å². The standard InChI is InChI=1S/CH5N3.ClH.IO4.Na/c2-1(3)4;;2-1(3,4)5;/h(H5,2,3,4);1H;;/q;;-1;+1. The third-order valence-corrected chi connectivity index (χ3v) is 0. The maximum Gasteiger partial charge on any atom is 1.00 e. The van der Waals surface area contributed by atoms with Gasteiger partial charge in [0.2, 0.25) is 0 Å². The van der Waals surface area contributed by atoms with Gasteiger partial charge >= 0.3 is 29.6 Å². The number of nitrogens with two attached hydrogens (primary N) is 2. The Kier molecular flexibility index (Phi) is 23.0. The Bertz CT molecular complexity index is 87.8. The van der Waals surface area contributed by atoms with Crippen molar-refractivity contribution >= 4 is 18.4 Å². The summed E-state index contributed by atoms with van der Waals surface area (Å²) in [6.07, 6.45) is 0. The second-order valence-corrected chi connectivity index (χ2v) is 2.99. The second kappa shape index (κ2) is 11.1. The van der Waals surface area contributed by atoms with E-state index in [1.54, 1.807) is 0 Å². The zero-order valence-corrected chi connectivity index (χ0v) is 10.5. The van der Waals surface area contributed by atoms with E-state index in [0.717, 1.165) is 0 Å². The van der Waals surface area contributed by atoms with Crippen molar-refractivity contribution in [2.24, 2.45) is 11.5 Å². The molecule has 0 radical (unpaired) electrons. The van der Waals surface area contributed by atoms with Crippen molar-refractivity contribution in [3.63, 3.8) is 0 Å². The number of hydrogen-bond acceptors (Lipinski definition) is 5. The molecule has 0 amide bonds. The van der Waals surface area contributed by atoms with Crippen LogP contribution in [0, 0.1) is 5.41 Å². The Morgan fingerprint density at radius 1 is 1.09 bits per heavy atom. The van der Waals surface area contributed by atoms with Gasteiger partial charge in [0.15, 0.2) is 5.96 Å². The van der Waals surface area contributed by atoms with Gasteiger partial charge in [-0.2, -0.15) is 0 Å². The largest absolute Gasteiger partial charge is 1.00 e. The van der Waals surface area contributed by atoms with E-state index in [1.807, 2.05) is 0 Å². The zero-order chi connectivity index (χ0) is 8.08. The molecule has 0 saturated heterocycles. The molecule has 0 saturated carbocycles. The molecule has 64 valence electrons. The van der Waals surface area contributed by atoms with Gasteiger partial charge in [0, 0.05) is 0 Å². The average molecular weight is 309 g/mol. The van der Waals surface area contributed by atoms with Crippen LogP contribution in [0.5, 0.6) is 0 Å². The minimum absolute atomic E-state index is 0. The topological polar surface area (TPSA) is 168 Å². The first-order chi connectivity index (χ1) is 3.73. The van der Waals surface area contributed by atoms with E-state index in [1.165, 1.54) is 0 Å². The molecule has 10 heteroatoms. The predicted molar refractivity (Wildman–Crippen MR) is 23.3 cm³/mol. The van der Waals surface area contributed by atoms with Gasteiger partial charge in [-0.05, 0) is 0 Å². The van der Waals surface area contributed by atoms with Crippen LogP contribution >= 0.6 is 12.4 Å². The molecule has 0 heterocycles. The number of halogens is 2. The molecule has 0 aromatic heterocycles. The molecular weight excluding hydrogens is 303 g/mol. The Morgan fingerprint density at radius 3 is 1.09 bits per heavy atom. The molecule has 0 aliphatic carbocycles. The molecule has 7 nitrogen and oxygen atoms in total. The van der Waals surface area contributed by atoms with Crippen molar-refractivity contribution in [1.29, 1.82) is 5.41 Å². The van der Waals surface area contributed by atoms with Gasteiger partial charge in [0.1, 0.15) is 20.1 Å². The van der Waals surface area contributed by atoms with Crippen molar-refractivity contribution in [3.05, 3.63) is 0 Å². The minimum atomic E-state index is -5.94. The third kappa shape index (κ3) is 727. The molecule has 0 fully saturated rings. The summed E-state index contributed by atoms with van der Waals surface area (Å²) in [5.74, 6) is -0.333. The summed E-state index contributed by atoms with van der Waals surface area (Å²) in [5, 5.41) is 6.06. The average Bonchev–Trinajstić information content (AvgIpc) is 1.19. The molecule has 0 aliphatic heterocycles. The number of nitrogens with one attached hydrogen (secondary N) is 1. The maximum atomic E-state index is 8.62. The zero-order valence-electron chi connectivity index (χ0n) is 5.57. The smallest absolute Gasteiger partial charge is 0.370 e. The van der Waals surface area contributed by atoms with Crippen molar-refractivity contribution in [3.8, 4) is 0 Å². The number of rotatable bonds is 0. The van der Waals surface area contributed by atoms with Crippen LogP contribution < -0.4 is 74.9 Å². The van der Waals surface area contributed by atoms with E-state index in [9.17, 15) is 0 Å². The third-order valence-electron chi connectivity index (χ3n) is 0. The fourth-order valence-electron chi connectivity index (χ4n) is 0. The Morgan fingerprint density at radius 2 is 1.09 bits per heavy atom. The first-order valence-electron chi connectivity index (χ1n) is 1.44. The second-order valence-electron chi connectivity index (χ2n) is 0.833. The van der Waals surface area contributed by atoms with Crippen LogP contribution in [0.25, 0.3) is 0 Å². The Labute approximate surface area is 97.7 Å². The van der Waals surface area contributed by atoms with E-state index >= 15 is 0 Å². The summed E-state index contributed by atoms with van der Waals surface area (Å²) in [4.78, 5) is 0. The monoisotopic (exact) mass is 309 g/mol. The minimum Gasteiger partial charge on any atom is -0.370 e. The Balaban J connectivity index is -0.0000000383. The van der Waals surface area contributed by atoms with E-state index in [2.05, 4.69) is 11.5 Å². The summed E-state index contributed by atoms with van der Waals surface area (Å²) < 4.78 is 34.5. The van der Waals surface area contributed by atoms with E-state index in [-0.39, 0.29) is 47.9 Å². The van der Waals surface area contributed by atoms with Crippen LogP contribution in [-0.2, 0) is 0 Å². The first-order valence-corrected chi connectivity index (χ1v) is 4.97. The molecule has 11 heavy (non-hydrogen) atoms. The molecule has 5 N–H and O–H groups in total. The quantitative estimate of drug-likeness (QED) is 0.174. The van der Waals surface area contributed by atoms with Gasteiger partial charge in [-0.1, -0.05) is 0 Å². The van der Waals surface area contributed by atoms with Gasteiger partial charge in [-0.25, -0.2) is 0 Å². The van der Waals surface area contributed by atoms with E-state index in [0.29, 0.717) is 0 Å². The van der Waals surface area contributed by atoms with Crippen LogP contribution in [0.1, 0.15) is 0 Å². The van der Waals surface area contributed by atoms with Crippen molar-refractivity contribution in [1.82, 2.24) is 0 Å². The van der Waals surface area contributed by atoms with Crippen molar-refractivity contribution < 1.29 is 63.4 Å². The maximum absolute atomic E-state index is 8.62. The molecule has 0 rings (SSSR count). The molecule has 0 spiro atoms. The van der Waals surface area contributed by atoms with E-state index < -0.39 is 20.1 Å². The fourth-order valence-corrected chi connectivity index (χ4v) is 0. The van der Waals surface area contributed by atoms with Crippen LogP contribution in [0.3, 0.4) is 0 Å². The van der Waals surface area contributed by atoms with Gasteiger partial charge in [0.05, 0.1) is 0 Å². The van der Waals surface area contributed by atoms with E-state index in [4.69, 9.17) is 19.2 Å². The number of guanidine groups is 1. The SMILES string of the molecule is Cl.N=C(N)N.[Na+].[O-][I+3]([O-])([O-])[O-]. The van der Waals surface area contributed by atoms with Gasteiger partial charge in [-0.15, -0.1) is 12.4 Å². The van der Waals surface area contributed by atoms with Gasteiger partial charge in [-0.3, -0.25) is 19.2 Å². The molecule has 0 atom stereocenters. The molecular formula is CH6ClIN3NaO4. The molecule has 0 aromatic rings. The predicted octanol–water partition coefficient (Wildman–Crippen LogP) is -11.5. The van der Waals surface area contributed by atoms with Gasteiger partial charge < -0.3 is 11.5 Å². The molecule has 0 unspecified atom stereocenters. The van der Waals surface area contributed by atoms with Crippen LogP contribution in [0.15, 0.2) is 0 Å². The van der Waals surface area contributed by atoms with Crippen molar-refractivity contribution in [2.45, 2.75) is 0 Å². The van der Waals surface area contributed by atoms with Crippen LogP contribution in [0.4, 0.5) is 0 Å². The molecule has 0 bridgehead atoms. The van der Waals surface area contributed by atoms with Gasteiger partial charge in [0.25, 0.3) is 0 Å². The molecule has 0 aliphatic rings. The fraction of sp³-hybridized carbons (Fsp3) is 0. The normalized spacial score (nSPS) is 7.64.